The highest BCUT2D eigenvalue weighted by molar-refractivity contribution is 9.10. The highest BCUT2D eigenvalue weighted by Gasteiger charge is 2.48. The van der Waals surface area contributed by atoms with Gasteiger partial charge in [-0.05, 0) is 55.5 Å². The number of ether oxygens (including phenoxy) is 1. The van der Waals surface area contributed by atoms with Crippen molar-refractivity contribution in [1.82, 2.24) is 0 Å². The van der Waals surface area contributed by atoms with E-state index >= 15 is 0 Å². The van der Waals surface area contributed by atoms with Crippen LogP contribution in [-0.2, 0) is 9.59 Å². The number of halogens is 1. The Morgan fingerprint density at radius 3 is 2.40 bits per heavy atom. The molecule has 1 aromatic heterocycles. The van der Waals surface area contributed by atoms with Gasteiger partial charge in [0.15, 0.2) is 0 Å². The highest BCUT2D eigenvalue weighted by Crippen LogP contribution is 2.42. The predicted octanol–water partition coefficient (Wildman–Crippen LogP) is 5.07. The van der Waals surface area contributed by atoms with Gasteiger partial charge in [0.25, 0.3) is 11.7 Å². The van der Waals surface area contributed by atoms with Crippen LogP contribution in [0.1, 0.15) is 24.3 Å². The number of hydrogen-bond donors (Lipinski definition) is 1. The normalized spacial score (nSPS) is 18.1. The zero-order valence-corrected chi connectivity index (χ0v) is 17.6. The average Bonchev–Trinajstić information content (AvgIpc) is 3.36. The molecule has 6 nitrogen and oxygen atoms in total. The van der Waals surface area contributed by atoms with E-state index in [9.17, 15) is 14.7 Å². The molecule has 1 amide bonds. The van der Waals surface area contributed by atoms with Crippen LogP contribution < -0.4 is 9.64 Å². The molecule has 4 rings (SSSR count). The van der Waals surface area contributed by atoms with Crippen LogP contribution in [0.15, 0.2) is 81.4 Å². The summed E-state index contributed by atoms with van der Waals surface area (Å²) in [6.45, 7) is 2.40. The molecule has 30 heavy (non-hydrogen) atoms. The minimum Gasteiger partial charge on any atom is -0.507 e. The van der Waals surface area contributed by atoms with Crippen LogP contribution >= 0.6 is 15.9 Å². The summed E-state index contributed by atoms with van der Waals surface area (Å²) in [5.74, 6) is -0.732. The first-order chi connectivity index (χ1) is 14.5. The summed E-state index contributed by atoms with van der Waals surface area (Å²) >= 11 is 3.35. The van der Waals surface area contributed by atoms with E-state index in [1.165, 1.54) is 11.2 Å². The lowest BCUT2D eigenvalue weighted by atomic mass is 9.99. The topological polar surface area (TPSA) is 80.0 Å². The Morgan fingerprint density at radius 1 is 1.10 bits per heavy atom. The van der Waals surface area contributed by atoms with Crippen LogP contribution in [0, 0.1) is 0 Å². The second kappa shape index (κ2) is 8.20. The van der Waals surface area contributed by atoms with Gasteiger partial charge in [0.2, 0.25) is 0 Å². The number of Topliss-reactive ketones (excluding diaryl/α,β-unsaturated/α-hetero) is 1. The number of ketones is 1. The number of nitrogens with zero attached hydrogens (tertiary/aromatic N) is 1. The summed E-state index contributed by atoms with van der Waals surface area (Å²) in [6.07, 6.45) is 1.47. The van der Waals surface area contributed by atoms with Crippen molar-refractivity contribution >= 4 is 39.1 Å². The van der Waals surface area contributed by atoms with Crippen molar-refractivity contribution in [3.8, 4) is 5.75 Å². The van der Waals surface area contributed by atoms with Crippen molar-refractivity contribution in [2.45, 2.75) is 13.0 Å². The number of amides is 1. The van der Waals surface area contributed by atoms with E-state index in [0.717, 1.165) is 4.47 Å². The van der Waals surface area contributed by atoms with Crippen molar-refractivity contribution in [2.75, 3.05) is 11.5 Å². The summed E-state index contributed by atoms with van der Waals surface area (Å²) in [4.78, 5) is 27.3. The lowest BCUT2D eigenvalue weighted by molar-refractivity contribution is -0.132. The first kappa shape index (κ1) is 20.0. The second-order valence-corrected chi connectivity index (χ2v) is 7.53. The summed E-state index contributed by atoms with van der Waals surface area (Å²) in [5, 5.41) is 11.0. The molecular weight excluding hydrogens is 450 g/mol. The van der Waals surface area contributed by atoms with Crippen LogP contribution in [-0.4, -0.2) is 23.4 Å². The number of furan rings is 1. The molecule has 1 saturated heterocycles. The Bertz CT molecular complexity index is 1100. The molecule has 0 aliphatic carbocycles. The van der Waals surface area contributed by atoms with E-state index in [0.29, 0.717) is 29.4 Å². The minimum atomic E-state index is -0.887. The molecule has 1 atom stereocenters. The van der Waals surface area contributed by atoms with Gasteiger partial charge in [-0.15, -0.1) is 0 Å². The number of rotatable bonds is 5. The summed E-state index contributed by atoms with van der Waals surface area (Å²) < 4.78 is 11.8. The first-order valence-electron chi connectivity index (χ1n) is 9.34. The molecule has 1 fully saturated rings. The number of carbonyl (C=O) groups excluding carboxylic acids is 2. The van der Waals surface area contributed by atoms with Crippen molar-refractivity contribution in [3.63, 3.8) is 0 Å². The van der Waals surface area contributed by atoms with Gasteiger partial charge in [-0.3, -0.25) is 14.5 Å². The molecule has 1 aliphatic rings. The molecule has 0 bridgehead atoms. The molecule has 1 unspecified atom stereocenters. The molecule has 0 radical (unpaired) electrons. The summed E-state index contributed by atoms with van der Waals surface area (Å²) in [7, 11) is 0. The Hall–Kier alpha value is -3.32. The Labute approximate surface area is 181 Å². The van der Waals surface area contributed by atoms with Gasteiger partial charge >= 0.3 is 0 Å². The fraction of sp³-hybridized carbons (Fsp3) is 0.130. The first-order valence-corrected chi connectivity index (χ1v) is 10.1. The summed E-state index contributed by atoms with van der Waals surface area (Å²) in [6, 6.07) is 16.2. The quantitative estimate of drug-likeness (QED) is 0.322. The average molecular weight is 468 g/mol. The smallest absolute Gasteiger partial charge is 0.300 e. The standard InChI is InChI=1S/C23H18BrNO5/c1-2-29-17-11-9-16(10-12-17)25-20(18-4-3-13-30-18)19(22(27)23(25)28)21(26)14-5-7-15(24)8-6-14/h3-13,20,26H,2H2,1H3/b21-19-. The fourth-order valence-corrected chi connectivity index (χ4v) is 3.71. The van der Waals surface area contributed by atoms with Gasteiger partial charge in [0.1, 0.15) is 23.3 Å². The maximum Gasteiger partial charge on any atom is 0.300 e. The zero-order chi connectivity index (χ0) is 21.3. The maximum atomic E-state index is 13.0. The third-order valence-electron chi connectivity index (χ3n) is 4.80. The van der Waals surface area contributed by atoms with Crippen molar-refractivity contribution in [1.29, 1.82) is 0 Å². The van der Waals surface area contributed by atoms with Gasteiger partial charge in [-0.1, -0.05) is 28.1 Å². The van der Waals surface area contributed by atoms with Crippen LogP contribution in [0.4, 0.5) is 5.69 Å². The number of aliphatic hydroxyl groups is 1. The Morgan fingerprint density at radius 2 is 1.80 bits per heavy atom. The molecule has 1 N–H and O–H groups in total. The maximum absolute atomic E-state index is 13.0. The third-order valence-corrected chi connectivity index (χ3v) is 5.33. The number of benzene rings is 2. The molecule has 0 saturated carbocycles. The van der Waals surface area contributed by atoms with Crippen LogP contribution in [0.3, 0.4) is 0 Å². The lowest BCUT2D eigenvalue weighted by Gasteiger charge is -2.23. The molecule has 0 spiro atoms. The SMILES string of the molecule is CCOc1ccc(N2C(=O)C(=O)/C(=C(\O)c3ccc(Br)cc3)C2c2ccco2)cc1. The van der Waals surface area contributed by atoms with E-state index in [1.54, 1.807) is 60.7 Å². The van der Waals surface area contributed by atoms with Crippen molar-refractivity contribution < 1.29 is 23.8 Å². The van der Waals surface area contributed by atoms with Crippen LogP contribution in [0.2, 0.25) is 0 Å². The largest absolute Gasteiger partial charge is 0.507 e. The van der Waals surface area contributed by atoms with E-state index in [1.807, 2.05) is 6.92 Å². The number of anilines is 1. The van der Waals surface area contributed by atoms with E-state index in [-0.39, 0.29) is 11.3 Å². The lowest BCUT2D eigenvalue weighted by Crippen LogP contribution is -2.29. The van der Waals surface area contributed by atoms with E-state index in [4.69, 9.17) is 9.15 Å². The molecule has 2 heterocycles. The fourth-order valence-electron chi connectivity index (χ4n) is 3.45. The van der Waals surface area contributed by atoms with Gasteiger partial charge in [-0.2, -0.15) is 0 Å². The van der Waals surface area contributed by atoms with Crippen LogP contribution in [0.5, 0.6) is 5.75 Å². The molecule has 2 aromatic carbocycles. The molecule has 1 aliphatic heterocycles. The third kappa shape index (κ3) is 3.52. The monoisotopic (exact) mass is 467 g/mol. The van der Waals surface area contributed by atoms with Gasteiger partial charge in [0, 0.05) is 15.7 Å². The molecular formula is C23H18BrNO5. The van der Waals surface area contributed by atoms with Gasteiger partial charge in [0.05, 0.1) is 18.4 Å². The van der Waals surface area contributed by atoms with Gasteiger partial charge in [-0.25, -0.2) is 0 Å². The Kier molecular flexibility index (Phi) is 5.46. The Balaban J connectivity index is 1.85. The van der Waals surface area contributed by atoms with E-state index < -0.39 is 17.7 Å². The van der Waals surface area contributed by atoms with Gasteiger partial charge < -0.3 is 14.3 Å². The number of hydrogen-bond acceptors (Lipinski definition) is 5. The molecule has 7 heteroatoms. The predicted molar refractivity (Wildman–Crippen MR) is 115 cm³/mol. The van der Waals surface area contributed by atoms with Crippen molar-refractivity contribution in [3.05, 3.63) is 88.3 Å². The second-order valence-electron chi connectivity index (χ2n) is 6.62. The zero-order valence-electron chi connectivity index (χ0n) is 16.0. The molecule has 3 aromatic rings. The van der Waals surface area contributed by atoms with Crippen LogP contribution in [0.25, 0.3) is 5.76 Å². The summed E-state index contributed by atoms with van der Waals surface area (Å²) in [5.41, 5.74) is 0.905. The highest BCUT2D eigenvalue weighted by atomic mass is 79.9. The molecule has 152 valence electrons. The van der Waals surface area contributed by atoms with Crippen molar-refractivity contribution in [2.24, 2.45) is 0 Å². The number of aliphatic hydroxyl groups excluding tert-OH is 1. The van der Waals surface area contributed by atoms with E-state index in [2.05, 4.69) is 15.9 Å². The number of carbonyl (C=O) groups is 2. The minimum absolute atomic E-state index is 0.0221.